The summed E-state index contributed by atoms with van der Waals surface area (Å²) in [5.74, 6) is 0.685. The molecule has 1 aromatic carbocycles. The van der Waals surface area contributed by atoms with E-state index in [0.29, 0.717) is 22.8 Å². The van der Waals surface area contributed by atoms with E-state index in [1.807, 2.05) is 37.1 Å². The second kappa shape index (κ2) is 12.0. The van der Waals surface area contributed by atoms with Gasteiger partial charge in [-0.1, -0.05) is 23.8 Å². The van der Waals surface area contributed by atoms with Crippen LogP contribution in [0.25, 0.3) is 0 Å². The summed E-state index contributed by atoms with van der Waals surface area (Å²) in [6.07, 6.45) is 9.56. The Bertz CT molecular complexity index is 1150. The summed E-state index contributed by atoms with van der Waals surface area (Å²) in [4.78, 5) is 24.1. The highest BCUT2D eigenvalue weighted by atomic mass is 35.5. The largest absolute Gasteiger partial charge is 0.403 e. The van der Waals surface area contributed by atoms with Crippen molar-refractivity contribution in [2.75, 3.05) is 56.5 Å². The third kappa shape index (κ3) is 6.59. The lowest BCUT2D eigenvalue weighted by atomic mass is 10.1. The van der Waals surface area contributed by atoms with Crippen LogP contribution in [0, 0.1) is 0 Å². The molecule has 0 unspecified atom stereocenters. The van der Waals surface area contributed by atoms with Crippen LogP contribution in [0.2, 0.25) is 5.02 Å². The fourth-order valence-electron chi connectivity index (χ4n) is 4.18. The number of rotatable bonds is 8. The van der Waals surface area contributed by atoms with Crippen molar-refractivity contribution in [3.05, 3.63) is 88.5 Å². The molecule has 1 aromatic heterocycles. The number of halogens is 1. The van der Waals surface area contributed by atoms with Crippen molar-refractivity contribution in [3.63, 3.8) is 0 Å². The second-order valence-electron chi connectivity index (χ2n) is 9.09. The molecule has 36 heavy (non-hydrogen) atoms. The van der Waals surface area contributed by atoms with Crippen molar-refractivity contribution in [1.29, 1.82) is 0 Å². The maximum atomic E-state index is 12.9. The van der Waals surface area contributed by atoms with Gasteiger partial charge in [0.1, 0.15) is 5.82 Å². The summed E-state index contributed by atoms with van der Waals surface area (Å²) in [6.45, 7) is 8.11. The Labute approximate surface area is 218 Å². The van der Waals surface area contributed by atoms with Crippen LogP contribution < -0.4 is 21.3 Å². The van der Waals surface area contributed by atoms with Gasteiger partial charge in [-0.15, -0.1) is 0 Å². The number of hydrogen-bond acceptors (Lipinski definition) is 7. The number of piperazine rings is 1. The molecular formula is C27H34ClN7O. The van der Waals surface area contributed by atoms with Gasteiger partial charge in [0.2, 0.25) is 0 Å². The number of dihydropyridines is 1. The molecule has 1 fully saturated rings. The predicted octanol–water partition coefficient (Wildman–Crippen LogP) is 3.40. The minimum atomic E-state index is -0.208. The maximum absolute atomic E-state index is 12.9. The van der Waals surface area contributed by atoms with Gasteiger partial charge in [0, 0.05) is 87.4 Å². The number of nitrogens with zero attached hydrogens (tertiary/aromatic N) is 4. The van der Waals surface area contributed by atoms with E-state index in [-0.39, 0.29) is 5.91 Å². The lowest BCUT2D eigenvalue weighted by Crippen LogP contribution is -2.48. The number of allylic oxidation sites excluding steroid dienone is 3. The third-order valence-corrected chi connectivity index (χ3v) is 6.90. The topological polar surface area (TPSA) is 89.8 Å². The molecular weight excluding hydrogens is 474 g/mol. The number of carbonyl (C=O) groups is 1. The number of benzene rings is 1. The van der Waals surface area contributed by atoms with Crippen LogP contribution in [-0.4, -0.2) is 67.0 Å². The first kappa shape index (κ1) is 25.6. The van der Waals surface area contributed by atoms with Gasteiger partial charge in [0.15, 0.2) is 0 Å². The van der Waals surface area contributed by atoms with E-state index in [4.69, 9.17) is 17.3 Å². The van der Waals surface area contributed by atoms with Crippen LogP contribution in [0.3, 0.4) is 0 Å². The summed E-state index contributed by atoms with van der Waals surface area (Å²) in [5.41, 5.74) is 9.90. The van der Waals surface area contributed by atoms with Crippen LogP contribution in [-0.2, 0) is 6.54 Å². The third-order valence-electron chi connectivity index (χ3n) is 6.54. The first-order chi connectivity index (χ1) is 17.4. The van der Waals surface area contributed by atoms with E-state index in [2.05, 4.69) is 43.6 Å². The number of anilines is 2. The van der Waals surface area contributed by atoms with Crippen LogP contribution in [0.15, 0.2) is 72.4 Å². The molecule has 2 aliphatic heterocycles. The summed E-state index contributed by atoms with van der Waals surface area (Å²) in [5, 5.41) is 7.01. The Morgan fingerprint density at radius 2 is 2.06 bits per heavy atom. The first-order valence-corrected chi connectivity index (χ1v) is 12.5. The molecule has 2 aliphatic rings. The van der Waals surface area contributed by atoms with Crippen LogP contribution in [0.5, 0.6) is 0 Å². The molecule has 4 N–H and O–H groups in total. The molecule has 0 aliphatic carbocycles. The van der Waals surface area contributed by atoms with Gasteiger partial charge in [-0.05, 0) is 48.9 Å². The molecule has 190 valence electrons. The van der Waals surface area contributed by atoms with Gasteiger partial charge in [-0.3, -0.25) is 9.69 Å². The number of aromatic nitrogens is 1. The monoisotopic (exact) mass is 507 g/mol. The van der Waals surface area contributed by atoms with Gasteiger partial charge < -0.3 is 26.2 Å². The number of pyridine rings is 1. The van der Waals surface area contributed by atoms with Crippen molar-refractivity contribution in [2.45, 2.75) is 13.5 Å². The summed E-state index contributed by atoms with van der Waals surface area (Å²) < 4.78 is 0. The minimum absolute atomic E-state index is 0.208. The number of hydrogen-bond donors (Lipinski definition) is 3. The zero-order chi connectivity index (χ0) is 25.5. The zero-order valence-electron chi connectivity index (χ0n) is 20.9. The van der Waals surface area contributed by atoms with E-state index >= 15 is 0 Å². The zero-order valence-corrected chi connectivity index (χ0v) is 21.6. The highest BCUT2D eigenvalue weighted by Gasteiger charge is 2.19. The maximum Gasteiger partial charge on any atom is 0.257 e. The molecule has 9 heteroatoms. The van der Waals surface area contributed by atoms with Crippen LogP contribution in [0.4, 0.5) is 11.5 Å². The molecule has 8 nitrogen and oxygen atoms in total. The Morgan fingerprint density at radius 3 is 2.72 bits per heavy atom. The number of amides is 1. The Balaban J connectivity index is 1.32. The van der Waals surface area contributed by atoms with Crippen molar-refractivity contribution in [3.8, 4) is 0 Å². The number of carbonyl (C=O) groups excluding carboxylic acids is 1. The molecule has 3 heterocycles. The highest BCUT2D eigenvalue weighted by Crippen LogP contribution is 2.23. The van der Waals surface area contributed by atoms with E-state index in [1.165, 1.54) is 5.70 Å². The lowest BCUT2D eigenvalue weighted by molar-refractivity contribution is 0.102. The number of nitrogens with two attached hydrogens (primary N) is 1. The van der Waals surface area contributed by atoms with Gasteiger partial charge in [0.05, 0.1) is 5.56 Å². The quantitative estimate of drug-likeness (QED) is 0.504. The molecule has 0 radical (unpaired) electrons. The SMILES string of the molecule is C/C(=C/N)N(C)Cc1cc(NC(=O)c2ccc(N3CCN(CC4=CC=CCN4)CC3)nc2)ccc1Cl. The highest BCUT2D eigenvalue weighted by molar-refractivity contribution is 6.31. The molecule has 2 aromatic rings. The predicted molar refractivity (Wildman–Crippen MR) is 147 cm³/mol. The molecule has 0 atom stereocenters. The van der Waals surface area contributed by atoms with Gasteiger partial charge in [0.25, 0.3) is 5.91 Å². The van der Waals surface area contributed by atoms with Gasteiger partial charge in [-0.25, -0.2) is 4.98 Å². The van der Waals surface area contributed by atoms with Crippen LogP contribution in [0.1, 0.15) is 22.8 Å². The molecule has 1 amide bonds. The Hall–Kier alpha value is -3.49. The van der Waals surface area contributed by atoms with Crippen molar-refractivity contribution in [2.24, 2.45) is 5.73 Å². The summed E-state index contributed by atoms with van der Waals surface area (Å²) in [6, 6.07) is 9.22. The molecule has 4 rings (SSSR count). The fraction of sp³-hybridized carbons (Fsp3) is 0.333. The lowest BCUT2D eigenvalue weighted by Gasteiger charge is -2.36. The van der Waals surface area contributed by atoms with E-state index in [9.17, 15) is 4.79 Å². The molecule has 0 spiro atoms. The molecule has 0 saturated carbocycles. The van der Waals surface area contributed by atoms with E-state index in [1.54, 1.807) is 24.5 Å². The van der Waals surface area contributed by atoms with Gasteiger partial charge >= 0.3 is 0 Å². The number of nitrogens with one attached hydrogen (secondary N) is 2. The Morgan fingerprint density at radius 1 is 1.25 bits per heavy atom. The smallest absolute Gasteiger partial charge is 0.257 e. The summed E-state index contributed by atoms with van der Waals surface area (Å²) in [7, 11) is 1.94. The standard InChI is InChI=1S/C27H34ClN7O/c1-20(16-29)33(2)18-22-15-23(7-8-25(22)28)32-27(36)21-6-9-26(31-17-21)35-13-11-34(12-14-35)19-24-5-3-4-10-30-24/h3-9,15-17,30H,10-14,18-19,29H2,1-2H3,(H,32,36)/b20-16-. The van der Waals surface area contributed by atoms with Crippen molar-refractivity contribution < 1.29 is 4.79 Å². The van der Waals surface area contributed by atoms with E-state index in [0.717, 1.165) is 56.3 Å². The average molecular weight is 508 g/mol. The normalized spacial score (nSPS) is 16.4. The molecule has 1 saturated heterocycles. The van der Waals surface area contributed by atoms with Gasteiger partial charge in [-0.2, -0.15) is 0 Å². The van der Waals surface area contributed by atoms with E-state index < -0.39 is 0 Å². The summed E-state index contributed by atoms with van der Waals surface area (Å²) >= 11 is 6.37. The van der Waals surface area contributed by atoms with Crippen LogP contribution >= 0.6 is 11.6 Å². The second-order valence-corrected chi connectivity index (χ2v) is 9.50. The Kier molecular flexibility index (Phi) is 8.51. The minimum Gasteiger partial charge on any atom is -0.403 e. The van der Waals surface area contributed by atoms with Crippen molar-refractivity contribution >= 4 is 29.0 Å². The fourth-order valence-corrected chi connectivity index (χ4v) is 4.35. The first-order valence-electron chi connectivity index (χ1n) is 12.2. The van der Waals surface area contributed by atoms with Crippen molar-refractivity contribution in [1.82, 2.24) is 20.1 Å². The molecule has 0 bridgehead atoms. The average Bonchev–Trinajstić information content (AvgIpc) is 2.91.